The molecule has 20 heavy (non-hydrogen) atoms. The third-order valence-electron chi connectivity index (χ3n) is 3.05. The summed E-state index contributed by atoms with van der Waals surface area (Å²) in [6.07, 6.45) is 3.54. The van der Waals surface area contributed by atoms with Crippen LogP contribution in [0.2, 0.25) is 5.02 Å². The van der Waals surface area contributed by atoms with Crippen LogP contribution >= 0.6 is 22.9 Å². The maximum Gasteiger partial charge on any atom is 0.182 e. The Hall–Kier alpha value is -1.91. The van der Waals surface area contributed by atoms with Crippen LogP contribution in [0.3, 0.4) is 0 Å². The van der Waals surface area contributed by atoms with Crippen LogP contribution in [0, 0.1) is 5.41 Å². The van der Waals surface area contributed by atoms with E-state index in [4.69, 9.17) is 17.0 Å². The lowest BCUT2D eigenvalue weighted by Gasteiger charge is -2.09. The molecular weight excluding hydrogens is 290 g/mol. The molecule has 5 heteroatoms. The second kappa shape index (κ2) is 5.61. The van der Waals surface area contributed by atoms with Crippen molar-refractivity contribution in [2.45, 2.75) is 6.54 Å². The Kier molecular flexibility index (Phi) is 3.67. The second-order valence-corrected chi connectivity index (χ2v) is 5.67. The molecule has 3 rings (SSSR count). The first kappa shape index (κ1) is 13.1. The Morgan fingerprint density at radius 1 is 1.10 bits per heavy atom. The monoisotopic (exact) mass is 301 g/mol. The summed E-state index contributed by atoms with van der Waals surface area (Å²) in [4.78, 5) is 4.55. The zero-order valence-corrected chi connectivity index (χ0v) is 12.2. The zero-order chi connectivity index (χ0) is 13.9. The van der Waals surface area contributed by atoms with Crippen LogP contribution in [0.1, 0.15) is 5.56 Å². The summed E-state index contributed by atoms with van der Waals surface area (Å²) in [5.41, 5.74) is 3.23. The Balaban J connectivity index is 2.01. The molecule has 2 aromatic heterocycles. The molecule has 100 valence electrons. The number of nitrogens with zero attached hydrogens (tertiary/aromatic N) is 2. The predicted molar refractivity (Wildman–Crippen MR) is 81.9 cm³/mol. The average Bonchev–Trinajstić information content (AvgIpc) is 2.83. The van der Waals surface area contributed by atoms with Crippen molar-refractivity contribution >= 4 is 22.9 Å². The van der Waals surface area contributed by atoms with Crippen molar-refractivity contribution in [3.63, 3.8) is 0 Å². The number of rotatable bonds is 3. The molecule has 2 heterocycles. The molecule has 3 aromatic rings. The zero-order valence-electron chi connectivity index (χ0n) is 10.6. The van der Waals surface area contributed by atoms with Gasteiger partial charge >= 0.3 is 0 Å². The summed E-state index contributed by atoms with van der Waals surface area (Å²) in [5, 5.41) is 10.8. The van der Waals surface area contributed by atoms with Gasteiger partial charge in [-0.05, 0) is 35.4 Å². The number of thiazole rings is 1. The molecule has 0 unspecified atom stereocenters. The average molecular weight is 302 g/mol. The van der Waals surface area contributed by atoms with Gasteiger partial charge in [-0.1, -0.05) is 23.7 Å². The predicted octanol–water partition coefficient (Wildman–Crippen LogP) is 3.79. The number of hydrogen-bond donors (Lipinski definition) is 1. The molecule has 0 spiro atoms. The Bertz CT molecular complexity index is 760. The van der Waals surface area contributed by atoms with E-state index < -0.39 is 0 Å². The Labute approximate surface area is 125 Å². The highest BCUT2D eigenvalue weighted by atomic mass is 35.5. The van der Waals surface area contributed by atoms with E-state index in [0.29, 0.717) is 11.3 Å². The van der Waals surface area contributed by atoms with E-state index in [2.05, 4.69) is 4.98 Å². The highest BCUT2D eigenvalue weighted by Gasteiger charge is 2.07. The highest BCUT2D eigenvalue weighted by molar-refractivity contribution is 7.07. The lowest BCUT2D eigenvalue weighted by atomic mass is 10.1. The van der Waals surface area contributed by atoms with Gasteiger partial charge in [0, 0.05) is 22.8 Å². The topological polar surface area (TPSA) is 41.7 Å². The molecule has 1 N–H and O–H groups in total. The number of nitrogens with one attached hydrogen (secondary N) is 1. The van der Waals surface area contributed by atoms with Crippen molar-refractivity contribution in [3.8, 4) is 11.3 Å². The van der Waals surface area contributed by atoms with E-state index in [-0.39, 0.29) is 0 Å². The summed E-state index contributed by atoms with van der Waals surface area (Å²) in [6, 6.07) is 11.6. The number of aromatic nitrogens is 2. The number of hydrogen-bond acceptors (Lipinski definition) is 3. The van der Waals surface area contributed by atoms with Gasteiger partial charge in [0.2, 0.25) is 0 Å². The fraction of sp³-hybridized carbons (Fsp3) is 0.0667. The first-order valence-electron chi connectivity index (χ1n) is 6.12. The lowest BCUT2D eigenvalue weighted by molar-refractivity contribution is 0.766. The lowest BCUT2D eigenvalue weighted by Crippen LogP contribution is -2.15. The van der Waals surface area contributed by atoms with Crippen LogP contribution < -0.4 is 4.80 Å². The molecule has 1 aromatic carbocycles. The Morgan fingerprint density at radius 2 is 1.80 bits per heavy atom. The summed E-state index contributed by atoms with van der Waals surface area (Å²) in [7, 11) is 0. The summed E-state index contributed by atoms with van der Waals surface area (Å²) >= 11 is 7.36. The molecule has 0 aliphatic carbocycles. The van der Waals surface area contributed by atoms with Gasteiger partial charge in [-0.2, -0.15) is 0 Å². The van der Waals surface area contributed by atoms with E-state index in [1.165, 1.54) is 11.3 Å². The number of benzene rings is 1. The van der Waals surface area contributed by atoms with Crippen LogP contribution in [-0.2, 0) is 6.54 Å². The van der Waals surface area contributed by atoms with Gasteiger partial charge < -0.3 is 4.57 Å². The number of halogens is 1. The van der Waals surface area contributed by atoms with E-state index in [0.717, 1.165) is 21.8 Å². The first-order valence-corrected chi connectivity index (χ1v) is 7.37. The molecule has 0 aliphatic heterocycles. The molecule has 0 fully saturated rings. The van der Waals surface area contributed by atoms with Gasteiger partial charge in [0.15, 0.2) is 4.80 Å². The normalized spacial score (nSPS) is 10.7. The van der Waals surface area contributed by atoms with Crippen LogP contribution in [-0.4, -0.2) is 9.55 Å². The molecule has 0 saturated carbocycles. The molecule has 0 saturated heterocycles. The fourth-order valence-corrected chi connectivity index (χ4v) is 2.92. The largest absolute Gasteiger partial charge is 0.312 e. The molecule has 0 aliphatic rings. The minimum atomic E-state index is 0.534. The standard InChI is InChI=1S/C15H12ClN3S/c16-13-3-1-12(2-4-13)14-10-20-15(17)19(14)9-11-5-7-18-8-6-11/h1-8,10,17H,9H2. The second-order valence-electron chi connectivity index (χ2n) is 4.37. The van der Waals surface area contributed by atoms with Crippen LogP contribution in [0.15, 0.2) is 54.2 Å². The molecule has 0 atom stereocenters. The smallest absolute Gasteiger partial charge is 0.182 e. The van der Waals surface area contributed by atoms with E-state index in [1.54, 1.807) is 12.4 Å². The van der Waals surface area contributed by atoms with Crippen molar-refractivity contribution < 1.29 is 0 Å². The molecule has 0 amide bonds. The summed E-state index contributed by atoms with van der Waals surface area (Å²) in [6.45, 7) is 0.669. The third kappa shape index (κ3) is 2.66. The molecule has 0 radical (unpaired) electrons. The van der Waals surface area contributed by atoms with Crippen LogP contribution in [0.5, 0.6) is 0 Å². The van der Waals surface area contributed by atoms with Gasteiger partial charge in [0.1, 0.15) is 0 Å². The Morgan fingerprint density at radius 3 is 2.50 bits per heavy atom. The maximum atomic E-state index is 8.07. The highest BCUT2D eigenvalue weighted by Crippen LogP contribution is 2.22. The van der Waals surface area contributed by atoms with E-state index in [1.807, 2.05) is 46.3 Å². The minimum absolute atomic E-state index is 0.534. The quantitative estimate of drug-likeness (QED) is 0.785. The molecular formula is C15H12ClN3S. The molecule has 3 nitrogen and oxygen atoms in total. The van der Waals surface area contributed by atoms with E-state index >= 15 is 0 Å². The fourth-order valence-electron chi connectivity index (χ4n) is 2.02. The van der Waals surface area contributed by atoms with E-state index in [9.17, 15) is 0 Å². The van der Waals surface area contributed by atoms with Gasteiger partial charge in [-0.3, -0.25) is 10.4 Å². The molecule has 0 bridgehead atoms. The van der Waals surface area contributed by atoms with Gasteiger partial charge in [-0.25, -0.2) is 0 Å². The van der Waals surface area contributed by atoms with Crippen molar-refractivity contribution in [1.82, 2.24) is 9.55 Å². The van der Waals surface area contributed by atoms with Crippen LogP contribution in [0.25, 0.3) is 11.3 Å². The SMILES string of the molecule is N=c1scc(-c2ccc(Cl)cc2)n1Cc1ccncc1. The van der Waals surface area contributed by atoms with Crippen molar-refractivity contribution in [1.29, 1.82) is 5.41 Å². The van der Waals surface area contributed by atoms with Crippen LogP contribution in [0.4, 0.5) is 0 Å². The van der Waals surface area contributed by atoms with Gasteiger partial charge in [0.05, 0.1) is 12.2 Å². The van der Waals surface area contributed by atoms with Gasteiger partial charge in [0.25, 0.3) is 0 Å². The van der Waals surface area contributed by atoms with Crippen molar-refractivity contribution in [3.05, 3.63) is 69.6 Å². The van der Waals surface area contributed by atoms with Crippen molar-refractivity contribution in [2.75, 3.05) is 0 Å². The van der Waals surface area contributed by atoms with Crippen molar-refractivity contribution in [2.24, 2.45) is 0 Å². The number of pyridine rings is 1. The first-order chi connectivity index (χ1) is 9.74. The summed E-state index contributed by atoms with van der Waals surface area (Å²) in [5.74, 6) is 0. The van der Waals surface area contributed by atoms with Gasteiger partial charge in [-0.15, -0.1) is 11.3 Å². The minimum Gasteiger partial charge on any atom is -0.312 e. The maximum absolute atomic E-state index is 8.07. The third-order valence-corrected chi connectivity index (χ3v) is 4.08. The summed E-state index contributed by atoms with van der Waals surface area (Å²) < 4.78 is 1.99.